The van der Waals surface area contributed by atoms with Crippen molar-refractivity contribution in [3.63, 3.8) is 0 Å². The molecule has 0 aliphatic carbocycles. The Bertz CT molecular complexity index is 362. The lowest BCUT2D eigenvalue weighted by atomic mass is 9.89. The van der Waals surface area contributed by atoms with Crippen molar-refractivity contribution in [1.29, 1.82) is 0 Å². The highest BCUT2D eigenvalue weighted by Crippen LogP contribution is 2.25. The highest BCUT2D eigenvalue weighted by Gasteiger charge is 2.11. The van der Waals surface area contributed by atoms with Crippen molar-refractivity contribution < 1.29 is 0 Å². The van der Waals surface area contributed by atoms with Crippen LogP contribution in [0.25, 0.3) is 0 Å². The summed E-state index contributed by atoms with van der Waals surface area (Å²) in [4.78, 5) is 0. The van der Waals surface area contributed by atoms with Gasteiger partial charge in [-0.3, -0.25) is 0 Å². The van der Waals surface area contributed by atoms with E-state index in [1.165, 1.54) is 46.2 Å². The van der Waals surface area contributed by atoms with E-state index in [0.29, 0.717) is 0 Å². The molecule has 0 heterocycles. The van der Waals surface area contributed by atoms with E-state index in [1.54, 1.807) is 0 Å². The van der Waals surface area contributed by atoms with Crippen LogP contribution in [-0.4, -0.2) is 6.54 Å². The lowest BCUT2D eigenvalue weighted by Gasteiger charge is -2.19. The largest absolute Gasteiger partial charge is 0.313 e. The van der Waals surface area contributed by atoms with Gasteiger partial charge in [0, 0.05) is 6.54 Å². The number of unbranched alkanes of at least 4 members (excludes halogenated alkanes) is 1. The molecule has 0 aromatic heterocycles. The number of benzene rings is 1. The first-order chi connectivity index (χ1) is 8.00. The van der Waals surface area contributed by atoms with Gasteiger partial charge in [-0.1, -0.05) is 13.3 Å². The quantitative estimate of drug-likeness (QED) is 0.754. The van der Waals surface area contributed by atoms with Crippen LogP contribution in [0.5, 0.6) is 0 Å². The minimum atomic E-state index is 1.01. The summed E-state index contributed by atoms with van der Waals surface area (Å²) in [5.74, 6) is 0. The van der Waals surface area contributed by atoms with E-state index in [2.05, 4.69) is 46.9 Å². The van der Waals surface area contributed by atoms with Crippen LogP contribution < -0.4 is 5.32 Å². The molecule has 0 unspecified atom stereocenters. The molecule has 0 atom stereocenters. The summed E-state index contributed by atoms with van der Waals surface area (Å²) in [6.45, 7) is 15.6. The smallest absolute Gasteiger partial charge is 0.0210 e. The van der Waals surface area contributed by atoms with Gasteiger partial charge in [-0.2, -0.15) is 0 Å². The second-order valence-corrected chi connectivity index (χ2v) is 5.13. The summed E-state index contributed by atoms with van der Waals surface area (Å²) < 4.78 is 0. The van der Waals surface area contributed by atoms with Gasteiger partial charge < -0.3 is 5.32 Å². The molecule has 1 aromatic rings. The Hall–Kier alpha value is -0.820. The van der Waals surface area contributed by atoms with E-state index < -0.39 is 0 Å². The zero-order valence-electron chi connectivity index (χ0n) is 12.3. The van der Waals surface area contributed by atoms with Crippen LogP contribution in [0.1, 0.15) is 53.1 Å². The molecular weight excluding hydrogens is 206 g/mol. The molecule has 1 aromatic carbocycles. The van der Waals surface area contributed by atoms with Crippen molar-refractivity contribution in [2.45, 2.75) is 60.9 Å². The molecule has 0 aliphatic rings. The fraction of sp³-hybridized carbons (Fsp3) is 0.625. The van der Waals surface area contributed by atoms with Crippen molar-refractivity contribution in [3.8, 4) is 0 Å². The molecule has 0 bridgehead atoms. The van der Waals surface area contributed by atoms with E-state index in [1.807, 2.05) is 0 Å². The van der Waals surface area contributed by atoms with Crippen molar-refractivity contribution >= 4 is 0 Å². The van der Waals surface area contributed by atoms with Crippen molar-refractivity contribution in [2.75, 3.05) is 6.54 Å². The molecule has 0 saturated carbocycles. The molecular formula is C16H27N. The van der Waals surface area contributed by atoms with Crippen molar-refractivity contribution in [1.82, 2.24) is 5.32 Å². The van der Waals surface area contributed by atoms with Gasteiger partial charge in [0.1, 0.15) is 0 Å². The molecule has 0 saturated heterocycles. The Morgan fingerprint density at radius 2 is 1.24 bits per heavy atom. The fourth-order valence-electron chi connectivity index (χ4n) is 2.36. The van der Waals surface area contributed by atoms with Crippen LogP contribution in [0.2, 0.25) is 0 Å². The van der Waals surface area contributed by atoms with Crippen LogP contribution >= 0.6 is 0 Å². The third kappa shape index (κ3) is 3.10. The van der Waals surface area contributed by atoms with E-state index in [-0.39, 0.29) is 0 Å². The maximum Gasteiger partial charge on any atom is 0.0210 e. The molecule has 17 heavy (non-hydrogen) atoms. The Morgan fingerprint density at radius 1 is 0.765 bits per heavy atom. The predicted molar refractivity (Wildman–Crippen MR) is 76.7 cm³/mol. The molecule has 0 amide bonds. The lowest BCUT2D eigenvalue weighted by molar-refractivity contribution is 0.637. The van der Waals surface area contributed by atoms with Gasteiger partial charge in [-0.25, -0.2) is 0 Å². The molecule has 96 valence electrons. The van der Waals surface area contributed by atoms with Gasteiger partial charge >= 0.3 is 0 Å². The van der Waals surface area contributed by atoms with E-state index in [4.69, 9.17) is 0 Å². The lowest BCUT2D eigenvalue weighted by Crippen LogP contribution is -2.17. The van der Waals surface area contributed by atoms with E-state index in [0.717, 1.165) is 13.1 Å². The molecule has 1 N–H and O–H groups in total. The van der Waals surface area contributed by atoms with E-state index >= 15 is 0 Å². The van der Waals surface area contributed by atoms with Crippen molar-refractivity contribution in [2.24, 2.45) is 0 Å². The summed E-state index contributed by atoms with van der Waals surface area (Å²) in [7, 11) is 0. The Labute approximate surface area is 107 Å². The number of hydrogen-bond acceptors (Lipinski definition) is 1. The van der Waals surface area contributed by atoms with Crippen molar-refractivity contribution in [3.05, 3.63) is 33.4 Å². The van der Waals surface area contributed by atoms with Gasteiger partial charge in [-0.15, -0.1) is 0 Å². The predicted octanol–water partition coefficient (Wildman–Crippen LogP) is 4.12. The molecule has 1 rings (SSSR count). The number of nitrogens with one attached hydrogen (secondary N) is 1. The molecule has 1 nitrogen and oxygen atoms in total. The normalized spacial score (nSPS) is 10.9. The Balaban J connectivity index is 2.92. The third-order valence-electron chi connectivity index (χ3n) is 4.16. The van der Waals surface area contributed by atoms with Crippen LogP contribution in [-0.2, 0) is 6.54 Å². The molecule has 0 radical (unpaired) electrons. The SMILES string of the molecule is CCCCNCc1c(C)c(C)c(C)c(C)c1C. The second kappa shape index (κ2) is 6.20. The summed E-state index contributed by atoms with van der Waals surface area (Å²) in [6.07, 6.45) is 2.53. The molecule has 0 fully saturated rings. The maximum atomic E-state index is 3.56. The van der Waals surface area contributed by atoms with Gasteiger partial charge in [-0.05, 0) is 81.0 Å². The topological polar surface area (TPSA) is 12.0 Å². The fourth-order valence-corrected chi connectivity index (χ4v) is 2.36. The maximum absolute atomic E-state index is 3.56. The summed E-state index contributed by atoms with van der Waals surface area (Å²) in [6, 6.07) is 0. The van der Waals surface area contributed by atoms with Gasteiger partial charge in [0.2, 0.25) is 0 Å². The first-order valence-corrected chi connectivity index (χ1v) is 6.77. The van der Waals surface area contributed by atoms with Crippen LogP contribution in [0.3, 0.4) is 0 Å². The summed E-state index contributed by atoms with van der Waals surface area (Å²) in [5, 5.41) is 3.56. The number of hydrogen-bond donors (Lipinski definition) is 1. The highest BCUT2D eigenvalue weighted by molar-refractivity contribution is 5.49. The second-order valence-electron chi connectivity index (χ2n) is 5.13. The van der Waals surface area contributed by atoms with Gasteiger partial charge in [0.05, 0.1) is 0 Å². The minimum absolute atomic E-state index is 1.01. The zero-order valence-corrected chi connectivity index (χ0v) is 12.3. The monoisotopic (exact) mass is 233 g/mol. The highest BCUT2D eigenvalue weighted by atomic mass is 14.8. The minimum Gasteiger partial charge on any atom is -0.313 e. The average Bonchev–Trinajstić information content (AvgIpc) is 2.33. The standard InChI is InChI=1S/C16H27N/c1-7-8-9-17-10-16-14(5)12(3)11(2)13(4)15(16)6/h17H,7-10H2,1-6H3. The first-order valence-electron chi connectivity index (χ1n) is 6.77. The summed E-state index contributed by atoms with van der Waals surface area (Å²) in [5.41, 5.74) is 8.81. The van der Waals surface area contributed by atoms with Crippen LogP contribution in [0.15, 0.2) is 0 Å². The molecule has 0 aliphatic heterocycles. The summed E-state index contributed by atoms with van der Waals surface area (Å²) >= 11 is 0. The van der Waals surface area contributed by atoms with Gasteiger partial charge in [0.15, 0.2) is 0 Å². The molecule has 1 heteroatoms. The molecule has 0 spiro atoms. The first kappa shape index (κ1) is 14.2. The Morgan fingerprint density at radius 3 is 1.71 bits per heavy atom. The van der Waals surface area contributed by atoms with Crippen LogP contribution in [0.4, 0.5) is 0 Å². The van der Waals surface area contributed by atoms with Crippen LogP contribution in [0, 0.1) is 34.6 Å². The average molecular weight is 233 g/mol. The van der Waals surface area contributed by atoms with Gasteiger partial charge in [0.25, 0.3) is 0 Å². The number of rotatable bonds is 5. The third-order valence-corrected chi connectivity index (χ3v) is 4.16. The zero-order chi connectivity index (χ0) is 13.0. The Kier molecular flexibility index (Phi) is 5.20. The van der Waals surface area contributed by atoms with E-state index in [9.17, 15) is 0 Å².